The van der Waals surface area contributed by atoms with Crippen LogP contribution in [0, 0.1) is 5.92 Å². The van der Waals surface area contributed by atoms with Gasteiger partial charge in [0.15, 0.2) is 0 Å². The highest BCUT2D eigenvalue weighted by molar-refractivity contribution is 6.55. The molecule has 1 rings (SSSR count). The molecule has 0 spiro atoms. The lowest BCUT2D eigenvalue weighted by Crippen LogP contribution is -2.51. The normalized spacial score (nSPS) is 12.5. The van der Waals surface area contributed by atoms with Crippen molar-refractivity contribution in [1.82, 2.24) is 10.6 Å². The van der Waals surface area contributed by atoms with E-state index in [1.165, 1.54) is 7.85 Å². The van der Waals surface area contributed by atoms with Crippen molar-refractivity contribution in [3.05, 3.63) is 29.8 Å². The van der Waals surface area contributed by atoms with Crippen molar-refractivity contribution >= 4 is 37.2 Å². The number of primary amides is 1. The monoisotopic (exact) mass is 419 g/mol. The van der Waals surface area contributed by atoms with Gasteiger partial charge in [-0.15, -0.1) is 0 Å². The first kappa shape index (κ1) is 25.0. The summed E-state index contributed by atoms with van der Waals surface area (Å²) >= 11 is 0. The van der Waals surface area contributed by atoms with Crippen LogP contribution >= 0.6 is 0 Å². The molecular weight excluding hydrogens is 389 g/mol. The van der Waals surface area contributed by atoms with Crippen molar-refractivity contribution in [3.8, 4) is 0 Å². The highest BCUT2D eigenvalue weighted by atomic mass is 16.5. The van der Waals surface area contributed by atoms with Gasteiger partial charge in [0.05, 0.1) is 6.04 Å². The Kier molecular flexibility index (Phi) is 10.4. The van der Waals surface area contributed by atoms with E-state index in [-0.39, 0.29) is 31.4 Å². The number of nitrogens with one attached hydrogen (secondary N) is 3. The van der Waals surface area contributed by atoms with Gasteiger partial charge < -0.3 is 32.2 Å². The Bertz CT molecular complexity index is 741. The average Bonchev–Trinajstić information content (AvgIpc) is 2.68. The summed E-state index contributed by atoms with van der Waals surface area (Å²) in [7, 11) is 1.33. The van der Waals surface area contributed by atoms with E-state index in [1.54, 1.807) is 24.3 Å². The van der Waals surface area contributed by atoms with Crippen molar-refractivity contribution in [2.75, 3.05) is 11.9 Å². The second-order valence-electron chi connectivity index (χ2n) is 7.23. The van der Waals surface area contributed by atoms with E-state index < -0.39 is 29.9 Å². The molecule has 0 aliphatic rings. The second kappa shape index (κ2) is 12.5. The number of hydrogen-bond acceptors (Lipinski definition) is 6. The van der Waals surface area contributed by atoms with E-state index in [9.17, 15) is 19.2 Å². The molecule has 30 heavy (non-hydrogen) atoms. The number of carbonyl (C=O) groups is 4. The van der Waals surface area contributed by atoms with E-state index in [4.69, 9.17) is 16.2 Å². The minimum absolute atomic E-state index is 0.0880. The fourth-order valence-electron chi connectivity index (χ4n) is 2.46. The molecule has 1 aromatic rings. The van der Waals surface area contributed by atoms with Gasteiger partial charge in [-0.2, -0.15) is 0 Å². The van der Waals surface area contributed by atoms with Gasteiger partial charge in [0.2, 0.25) is 25.5 Å². The van der Waals surface area contributed by atoms with Crippen LogP contribution in [0.2, 0.25) is 0 Å². The van der Waals surface area contributed by atoms with Gasteiger partial charge in [0, 0.05) is 12.2 Å². The zero-order chi connectivity index (χ0) is 22.7. The zero-order valence-corrected chi connectivity index (χ0v) is 17.6. The minimum Gasteiger partial charge on any atom is -0.469 e. The molecular formula is C19H30BN5O5. The summed E-state index contributed by atoms with van der Waals surface area (Å²) < 4.78 is 4.92. The van der Waals surface area contributed by atoms with Gasteiger partial charge in [-0.25, -0.2) is 4.79 Å². The fourth-order valence-corrected chi connectivity index (χ4v) is 2.46. The van der Waals surface area contributed by atoms with E-state index in [2.05, 4.69) is 16.0 Å². The standard InChI is InChI=1S/C19H30BN5O5/c1-11(2)15(21)17(27)25-14(4-3-9-23-19(22)29)16(26)24-13-7-5-12(6-8-13)10-30-18(20)28/h5-8,11,14-15H,3-4,9-10,20-21H2,1-2H3,(H,24,26)(H,25,27)(H3,22,23,29)/t14-,15?/m0/s1. The van der Waals surface area contributed by atoms with Gasteiger partial charge in [0.1, 0.15) is 12.6 Å². The lowest BCUT2D eigenvalue weighted by molar-refractivity contribution is -0.128. The number of rotatable bonds is 11. The molecule has 0 fully saturated rings. The van der Waals surface area contributed by atoms with Crippen LogP contribution in [-0.2, 0) is 20.9 Å². The fraction of sp³-hybridized carbons (Fsp3) is 0.474. The number of ether oxygens (including phenoxy) is 1. The van der Waals surface area contributed by atoms with Crippen LogP contribution < -0.4 is 27.4 Å². The van der Waals surface area contributed by atoms with Crippen LogP contribution in [0.25, 0.3) is 0 Å². The molecule has 0 radical (unpaired) electrons. The predicted molar refractivity (Wildman–Crippen MR) is 115 cm³/mol. The van der Waals surface area contributed by atoms with Crippen molar-refractivity contribution in [1.29, 1.82) is 0 Å². The molecule has 11 heteroatoms. The second-order valence-corrected chi connectivity index (χ2v) is 7.23. The van der Waals surface area contributed by atoms with E-state index in [1.807, 2.05) is 13.8 Å². The quantitative estimate of drug-likeness (QED) is 0.246. The molecule has 1 unspecified atom stereocenters. The van der Waals surface area contributed by atoms with Crippen LogP contribution in [0.3, 0.4) is 0 Å². The smallest absolute Gasteiger partial charge is 0.312 e. The summed E-state index contributed by atoms with van der Waals surface area (Å²) in [4.78, 5) is 46.7. The lowest BCUT2D eigenvalue weighted by atomic mass is 10.0. The molecule has 2 atom stereocenters. The summed E-state index contributed by atoms with van der Waals surface area (Å²) in [6.45, 7) is 4.04. The molecule has 7 N–H and O–H groups in total. The summed E-state index contributed by atoms with van der Waals surface area (Å²) in [6, 6.07) is 4.54. The van der Waals surface area contributed by atoms with Gasteiger partial charge in [-0.1, -0.05) is 26.0 Å². The lowest BCUT2D eigenvalue weighted by Gasteiger charge is -2.22. The van der Waals surface area contributed by atoms with E-state index in [0.29, 0.717) is 12.1 Å². The maximum Gasteiger partial charge on any atom is 0.312 e. The van der Waals surface area contributed by atoms with Gasteiger partial charge in [0.25, 0.3) is 0 Å². The summed E-state index contributed by atoms with van der Waals surface area (Å²) in [5.74, 6) is -1.30. The molecule has 0 saturated carbocycles. The number of carbonyl (C=O) groups excluding carboxylic acids is 4. The maximum atomic E-state index is 12.7. The van der Waals surface area contributed by atoms with Crippen LogP contribution in [0.5, 0.6) is 0 Å². The zero-order valence-electron chi connectivity index (χ0n) is 17.6. The highest BCUT2D eigenvalue weighted by Gasteiger charge is 2.25. The summed E-state index contributed by atoms with van der Waals surface area (Å²) in [6.07, 6.45) is 0.715. The Labute approximate surface area is 176 Å². The molecule has 1 aromatic carbocycles. The minimum atomic E-state index is -0.835. The molecule has 0 saturated heterocycles. The first-order chi connectivity index (χ1) is 14.1. The van der Waals surface area contributed by atoms with Crippen LogP contribution in [0.1, 0.15) is 32.3 Å². The number of amides is 4. The summed E-state index contributed by atoms with van der Waals surface area (Å²) in [5.41, 5.74) is 12.2. The molecule has 164 valence electrons. The van der Waals surface area contributed by atoms with Crippen molar-refractivity contribution in [2.45, 2.75) is 45.4 Å². The number of benzene rings is 1. The predicted octanol–water partition coefficient (Wildman–Crippen LogP) is -0.189. The Morgan fingerprint density at radius 1 is 1.10 bits per heavy atom. The molecule has 0 bridgehead atoms. The Hall–Kier alpha value is -3.08. The van der Waals surface area contributed by atoms with Crippen LogP contribution in [0.15, 0.2) is 24.3 Å². The largest absolute Gasteiger partial charge is 0.469 e. The molecule has 0 aromatic heterocycles. The molecule has 4 amide bonds. The first-order valence-electron chi connectivity index (χ1n) is 9.72. The van der Waals surface area contributed by atoms with Gasteiger partial charge >= 0.3 is 6.03 Å². The Balaban J connectivity index is 2.75. The van der Waals surface area contributed by atoms with Crippen LogP contribution in [-0.4, -0.2) is 50.2 Å². The molecule has 10 nitrogen and oxygen atoms in total. The molecule has 0 aliphatic heterocycles. The SMILES string of the molecule is BC(=O)OCc1ccc(NC(=O)[C@H](CCCNC(N)=O)NC(=O)C(N)C(C)C)cc1. The van der Waals surface area contributed by atoms with E-state index in [0.717, 1.165) is 5.56 Å². The third-order valence-electron chi connectivity index (χ3n) is 4.29. The number of hydrogen-bond donors (Lipinski definition) is 5. The van der Waals surface area contributed by atoms with Gasteiger partial charge in [-0.3, -0.25) is 14.4 Å². The Morgan fingerprint density at radius 2 is 1.73 bits per heavy atom. The van der Waals surface area contributed by atoms with Crippen molar-refractivity contribution in [2.24, 2.45) is 17.4 Å². The van der Waals surface area contributed by atoms with Crippen molar-refractivity contribution < 1.29 is 23.9 Å². The van der Waals surface area contributed by atoms with E-state index >= 15 is 0 Å². The van der Waals surface area contributed by atoms with Crippen LogP contribution in [0.4, 0.5) is 15.3 Å². The third-order valence-corrected chi connectivity index (χ3v) is 4.29. The third kappa shape index (κ3) is 9.42. The number of urea groups is 1. The number of nitrogens with two attached hydrogens (primary N) is 2. The highest BCUT2D eigenvalue weighted by Crippen LogP contribution is 2.12. The van der Waals surface area contributed by atoms with Gasteiger partial charge in [-0.05, 0) is 36.5 Å². The van der Waals surface area contributed by atoms with Crippen molar-refractivity contribution in [3.63, 3.8) is 0 Å². The molecule has 0 heterocycles. The average molecular weight is 419 g/mol. The maximum absolute atomic E-state index is 12.7. The number of anilines is 1. The molecule has 0 aliphatic carbocycles. The Morgan fingerprint density at radius 3 is 2.27 bits per heavy atom. The topological polar surface area (TPSA) is 166 Å². The first-order valence-corrected chi connectivity index (χ1v) is 9.72. The summed E-state index contributed by atoms with van der Waals surface area (Å²) in [5, 5.41) is 7.86.